The van der Waals surface area contributed by atoms with Gasteiger partial charge in [0.2, 0.25) is 6.79 Å². The minimum atomic E-state index is -0.580. The van der Waals surface area contributed by atoms with Crippen molar-refractivity contribution < 1.29 is 28.6 Å². The molecule has 0 atom stereocenters. The Morgan fingerprint density at radius 3 is 2.23 bits per heavy atom. The van der Waals surface area contributed by atoms with Gasteiger partial charge in [0.25, 0.3) is 0 Å². The van der Waals surface area contributed by atoms with E-state index in [0.717, 1.165) is 16.7 Å². The molecule has 0 radical (unpaired) electrons. The number of nitrogen functional groups attached to an aromatic ring is 1. The summed E-state index contributed by atoms with van der Waals surface area (Å²) in [5, 5.41) is 8.23. The molecule has 1 heterocycles. The van der Waals surface area contributed by atoms with Crippen LogP contribution in [0.4, 0.5) is 0 Å². The number of benzene rings is 3. The van der Waals surface area contributed by atoms with Gasteiger partial charge in [-0.2, -0.15) is 0 Å². The van der Waals surface area contributed by atoms with Crippen LogP contribution < -0.4 is 5.73 Å². The van der Waals surface area contributed by atoms with Crippen molar-refractivity contribution in [3.05, 3.63) is 101 Å². The zero-order valence-corrected chi connectivity index (χ0v) is 24.2. The fourth-order valence-electron chi connectivity index (χ4n) is 4.47. The summed E-state index contributed by atoms with van der Waals surface area (Å²) < 4.78 is 17.2. The SMILES string of the molecule is CCCC(=O)OCOC(=O)CCc1ccc(-c2nc(-c3cccc(C(=O)OCc4ccccc4)c3C(=N)N)cn2C)cc1. The molecule has 1 aromatic heterocycles. The Bertz CT molecular complexity index is 1600. The van der Waals surface area contributed by atoms with Gasteiger partial charge in [0.05, 0.1) is 11.3 Å². The fourth-order valence-corrected chi connectivity index (χ4v) is 4.47. The molecule has 0 amide bonds. The number of imidazole rings is 1. The maximum atomic E-state index is 13.0. The van der Waals surface area contributed by atoms with Crippen LogP contribution in [0.3, 0.4) is 0 Å². The Hall–Kier alpha value is -5.25. The number of esters is 3. The van der Waals surface area contributed by atoms with Crippen LogP contribution in [0.2, 0.25) is 0 Å². The lowest BCUT2D eigenvalue weighted by molar-refractivity contribution is -0.167. The summed E-state index contributed by atoms with van der Waals surface area (Å²) in [6.45, 7) is 1.59. The standard InChI is InChI=1S/C33H34N4O6/c1-3-8-28(38)42-21-43-29(39)18-15-22-13-16-24(17-14-22)32-36-27(19-37(32)2)25-11-7-12-26(30(25)31(34)35)33(40)41-20-23-9-5-4-6-10-23/h4-7,9-14,16-17,19H,3,8,15,18,20-21H2,1-2H3,(H3,34,35). The molecule has 10 nitrogen and oxygen atoms in total. The minimum Gasteiger partial charge on any atom is -0.457 e. The number of amidine groups is 1. The number of nitrogens with zero attached hydrogens (tertiary/aromatic N) is 2. The number of ether oxygens (including phenoxy) is 3. The summed E-state index contributed by atoms with van der Waals surface area (Å²) in [6, 6.07) is 22.0. The number of nitrogens with two attached hydrogens (primary N) is 1. The molecule has 0 spiro atoms. The Kier molecular flexibility index (Phi) is 10.4. The first kappa shape index (κ1) is 30.7. The number of hydrogen-bond donors (Lipinski definition) is 2. The summed E-state index contributed by atoms with van der Waals surface area (Å²) in [4.78, 5) is 41.1. The van der Waals surface area contributed by atoms with E-state index >= 15 is 0 Å². The summed E-state index contributed by atoms with van der Waals surface area (Å²) in [6.07, 6.45) is 3.38. The van der Waals surface area contributed by atoms with E-state index in [-0.39, 0.29) is 43.2 Å². The van der Waals surface area contributed by atoms with Crippen molar-refractivity contribution in [2.24, 2.45) is 12.8 Å². The molecular weight excluding hydrogens is 548 g/mol. The molecule has 0 bridgehead atoms. The fraction of sp³-hybridized carbons (Fsp3) is 0.242. The first-order valence-electron chi connectivity index (χ1n) is 13.9. The smallest absolute Gasteiger partial charge is 0.339 e. The van der Waals surface area contributed by atoms with Gasteiger partial charge in [-0.3, -0.25) is 15.0 Å². The average Bonchev–Trinajstić information content (AvgIpc) is 3.40. The quantitative estimate of drug-likeness (QED) is 0.0950. The van der Waals surface area contributed by atoms with E-state index in [2.05, 4.69) is 0 Å². The van der Waals surface area contributed by atoms with Gasteiger partial charge in [0, 0.05) is 42.8 Å². The number of carbonyl (C=O) groups excluding carboxylic acids is 3. The highest BCUT2D eigenvalue weighted by Crippen LogP contribution is 2.29. The van der Waals surface area contributed by atoms with Gasteiger partial charge >= 0.3 is 17.9 Å². The van der Waals surface area contributed by atoms with Crippen molar-refractivity contribution >= 4 is 23.7 Å². The maximum absolute atomic E-state index is 13.0. The number of nitrogens with one attached hydrogen (secondary N) is 1. The zero-order valence-electron chi connectivity index (χ0n) is 24.2. The molecule has 4 rings (SSSR count). The lowest BCUT2D eigenvalue weighted by Crippen LogP contribution is -2.19. The Labute approximate surface area is 249 Å². The average molecular weight is 583 g/mol. The topological polar surface area (TPSA) is 147 Å². The molecule has 0 aliphatic carbocycles. The van der Waals surface area contributed by atoms with Crippen LogP contribution in [0.15, 0.2) is 79.0 Å². The third-order valence-corrected chi connectivity index (χ3v) is 6.64. The molecule has 0 saturated carbocycles. The molecule has 4 aromatic rings. The second-order valence-corrected chi connectivity index (χ2v) is 9.86. The molecule has 0 fully saturated rings. The molecule has 43 heavy (non-hydrogen) atoms. The molecular formula is C33H34N4O6. The highest BCUT2D eigenvalue weighted by molar-refractivity contribution is 6.10. The molecule has 10 heteroatoms. The number of carbonyl (C=O) groups is 3. The van der Waals surface area contributed by atoms with Crippen LogP contribution in [-0.2, 0) is 43.9 Å². The van der Waals surface area contributed by atoms with Crippen LogP contribution in [0.25, 0.3) is 22.6 Å². The molecule has 0 aliphatic rings. The van der Waals surface area contributed by atoms with E-state index in [4.69, 9.17) is 30.3 Å². The second kappa shape index (κ2) is 14.6. The summed E-state index contributed by atoms with van der Waals surface area (Å²) >= 11 is 0. The molecule has 0 aliphatic heterocycles. The Balaban J connectivity index is 1.45. The van der Waals surface area contributed by atoms with E-state index in [1.807, 2.05) is 79.3 Å². The van der Waals surface area contributed by atoms with Gasteiger partial charge in [0.15, 0.2) is 0 Å². The van der Waals surface area contributed by atoms with Crippen molar-refractivity contribution in [2.45, 2.75) is 39.2 Å². The van der Waals surface area contributed by atoms with E-state index in [9.17, 15) is 14.4 Å². The number of rotatable bonds is 13. The highest BCUT2D eigenvalue weighted by atomic mass is 16.7. The lowest BCUT2D eigenvalue weighted by atomic mass is 9.98. The number of aryl methyl sites for hydroxylation is 2. The van der Waals surface area contributed by atoms with Gasteiger partial charge in [-0.05, 0) is 30.0 Å². The zero-order chi connectivity index (χ0) is 30.8. The van der Waals surface area contributed by atoms with Crippen LogP contribution >= 0.6 is 0 Å². The van der Waals surface area contributed by atoms with Crippen molar-refractivity contribution in [2.75, 3.05) is 6.79 Å². The maximum Gasteiger partial charge on any atom is 0.339 e. The van der Waals surface area contributed by atoms with E-state index in [1.54, 1.807) is 18.2 Å². The van der Waals surface area contributed by atoms with Crippen molar-refractivity contribution in [3.8, 4) is 22.6 Å². The lowest BCUT2D eigenvalue weighted by Gasteiger charge is -2.12. The first-order chi connectivity index (χ1) is 20.8. The molecule has 222 valence electrons. The Morgan fingerprint density at radius 1 is 0.860 bits per heavy atom. The summed E-state index contributed by atoms with van der Waals surface area (Å²) in [7, 11) is 1.86. The summed E-state index contributed by atoms with van der Waals surface area (Å²) in [5.74, 6) is -1.02. The van der Waals surface area contributed by atoms with Crippen LogP contribution in [0.1, 0.15) is 53.2 Å². The summed E-state index contributed by atoms with van der Waals surface area (Å²) in [5.41, 5.74) is 10.1. The molecule has 3 aromatic carbocycles. The van der Waals surface area contributed by atoms with E-state index < -0.39 is 17.9 Å². The van der Waals surface area contributed by atoms with Gasteiger partial charge in [-0.1, -0.05) is 73.7 Å². The van der Waals surface area contributed by atoms with Crippen molar-refractivity contribution in [1.82, 2.24) is 9.55 Å². The molecule has 3 N–H and O–H groups in total. The van der Waals surface area contributed by atoms with Crippen LogP contribution in [0.5, 0.6) is 0 Å². The van der Waals surface area contributed by atoms with Gasteiger partial charge < -0.3 is 24.5 Å². The molecule has 0 unspecified atom stereocenters. The van der Waals surface area contributed by atoms with Crippen molar-refractivity contribution in [3.63, 3.8) is 0 Å². The number of aromatic nitrogens is 2. The minimum absolute atomic E-state index is 0.0978. The predicted octanol–water partition coefficient (Wildman–Crippen LogP) is 5.17. The molecule has 0 saturated heterocycles. The normalized spacial score (nSPS) is 10.7. The van der Waals surface area contributed by atoms with E-state index in [1.165, 1.54) is 0 Å². The predicted molar refractivity (Wildman–Crippen MR) is 161 cm³/mol. The third kappa shape index (κ3) is 8.16. The van der Waals surface area contributed by atoms with E-state index in [0.29, 0.717) is 29.9 Å². The van der Waals surface area contributed by atoms with Gasteiger partial charge in [-0.25, -0.2) is 9.78 Å². The first-order valence-corrected chi connectivity index (χ1v) is 13.9. The highest BCUT2D eigenvalue weighted by Gasteiger charge is 2.21. The third-order valence-electron chi connectivity index (χ3n) is 6.64. The second-order valence-electron chi connectivity index (χ2n) is 9.86. The largest absolute Gasteiger partial charge is 0.457 e. The van der Waals surface area contributed by atoms with Gasteiger partial charge in [-0.15, -0.1) is 0 Å². The number of hydrogen-bond acceptors (Lipinski definition) is 8. The Morgan fingerprint density at radius 2 is 1.56 bits per heavy atom. The van der Waals surface area contributed by atoms with Crippen LogP contribution in [-0.4, -0.2) is 40.1 Å². The van der Waals surface area contributed by atoms with Crippen LogP contribution in [0, 0.1) is 5.41 Å². The monoisotopic (exact) mass is 582 g/mol. The van der Waals surface area contributed by atoms with Crippen molar-refractivity contribution in [1.29, 1.82) is 5.41 Å². The van der Waals surface area contributed by atoms with Gasteiger partial charge in [0.1, 0.15) is 18.3 Å².